The third-order valence-corrected chi connectivity index (χ3v) is 5.20. The molecule has 0 saturated heterocycles. The van der Waals surface area contributed by atoms with Crippen LogP contribution in [0.5, 0.6) is 0 Å². The van der Waals surface area contributed by atoms with Crippen LogP contribution in [0.25, 0.3) is 0 Å². The van der Waals surface area contributed by atoms with Crippen LogP contribution in [0.1, 0.15) is 39.0 Å². The summed E-state index contributed by atoms with van der Waals surface area (Å²) in [5.74, 6) is 0.769. The van der Waals surface area contributed by atoms with Crippen LogP contribution in [0.2, 0.25) is 13.1 Å². The van der Waals surface area contributed by atoms with Crippen molar-refractivity contribution >= 4 is 8.56 Å². The van der Waals surface area contributed by atoms with Crippen LogP contribution in [0, 0.1) is 5.92 Å². The quantitative estimate of drug-likeness (QED) is 0.671. The van der Waals surface area contributed by atoms with Crippen molar-refractivity contribution in [1.29, 1.82) is 0 Å². The molecule has 0 N–H and O–H groups in total. The highest BCUT2D eigenvalue weighted by Gasteiger charge is 2.29. The van der Waals surface area contributed by atoms with E-state index in [-0.39, 0.29) is 0 Å². The van der Waals surface area contributed by atoms with E-state index in [1.54, 1.807) is 7.11 Å². The van der Waals surface area contributed by atoms with Crippen LogP contribution in [0.4, 0.5) is 0 Å². The summed E-state index contributed by atoms with van der Waals surface area (Å²) in [5, 5.41) is 0. The third kappa shape index (κ3) is 3.71. The van der Waals surface area contributed by atoms with Crippen molar-refractivity contribution in [2.45, 2.75) is 58.2 Å². The van der Waals surface area contributed by atoms with Crippen molar-refractivity contribution in [3.63, 3.8) is 0 Å². The van der Waals surface area contributed by atoms with Crippen molar-refractivity contribution in [1.82, 2.24) is 0 Å². The molecule has 3 heteroatoms. The molecule has 1 saturated carbocycles. The standard InChI is InChI=1S/C11H24O2Si/c1-10(13-14(3,4)12-2)11-8-6-5-7-9-11/h10-11H,5-9H2,1-4H3. The number of hydrogen-bond donors (Lipinski definition) is 0. The molecule has 1 aliphatic carbocycles. The molecule has 0 heterocycles. The van der Waals surface area contributed by atoms with Gasteiger partial charge < -0.3 is 8.85 Å². The molecule has 0 aromatic rings. The third-order valence-electron chi connectivity index (χ3n) is 3.27. The molecule has 14 heavy (non-hydrogen) atoms. The van der Waals surface area contributed by atoms with Gasteiger partial charge in [-0.3, -0.25) is 0 Å². The summed E-state index contributed by atoms with van der Waals surface area (Å²) in [6.07, 6.45) is 7.25. The van der Waals surface area contributed by atoms with Gasteiger partial charge in [0.2, 0.25) is 0 Å². The van der Waals surface area contributed by atoms with E-state index in [1.807, 2.05) is 0 Å². The van der Waals surface area contributed by atoms with E-state index in [1.165, 1.54) is 32.1 Å². The fourth-order valence-electron chi connectivity index (χ4n) is 2.20. The Hall–Kier alpha value is 0.137. The molecule has 1 atom stereocenters. The zero-order chi connectivity index (χ0) is 10.6. The lowest BCUT2D eigenvalue weighted by atomic mass is 9.86. The minimum Gasteiger partial charge on any atom is -0.398 e. The molecule has 0 aromatic heterocycles. The molecule has 2 nitrogen and oxygen atoms in total. The monoisotopic (exact) mass is 216 g/mol. The van der Waals surface area contributed by atoms with E-state index in [0.29, 0.717) is 6.10 Å². The summed E-state index contributed by atoms with van der Waals surface area (Å²) in [4.78, 5) is 0. The molecule has 1 unspecified atom stereocenters. The average Bonchev–Trinajstić information content (AvgIpc) is 2.19. The molecular formula is C11H24O2Si. The molecule has 1 aliphatic rings. The van der Waals surface area contributed by atoms with Gasteiger partial charge >= 0.3 is 8.56 Å². The molecule has 1 fully saturated rings. The molecule has 0 amide bonds. The van der Waals surface area contributed by atoms with Gasteiger partial charge in [0.1, 0.15) is 0 Å². The molecule has 0 radical (unpaired) electrons. The fourth-order valence-corrected chi connectivity index (χ4v) is 3.38. The van der Waals surface area contributed by atoms with Gasteiger partial charge in [0.15, 0.2) is 0 Å². The largest absolute Gasteiger partial charge is 0.398 e. The molecule has 0 aromatic carbocycles. The minimum atomic E-state index is -1.82. The van der Waals surface area contributed by atoms with Gasteiger partial charge in [0, 0.05) is 13.2 Å². The van der Waals surface area contributed by atoms with Crippen LogP contribution in [-0.4, -0.2) is 21.8 Å². The van der Waals surface area contributed by atoms with Crippen LogP contribution in [0.3, 0.4) is 0 Å². The van der Waals surface area contributed by atoms with Crippen LogP contribution in [-0.2, 0) is 8.85 Å². The molecule has 0 bridgehead atoms. The normalized spacial score (nSPS) is 22.3. The Morgan fingerprint density at radius 1 is 1.14 bits per heavy atom. The Morgan fingerprint density at radius 3 is 2.21 bits per heavy atom. The predicted molar refractivity (Wildman–Crippen MR) is 61.6 cm³/mol. The smallest absolute Gasteiger partial charge is 0.331 e. The highest BCUT2D eigenvalue weighted by Crippen LogP contribution is 2.29. The zero-order valence-electron chi connectivity index (χ0n) is 10.0. The van der Waals surface area contributed by atoms with Gasteiger partial charge in [-0.25, -0.2) is 0 Å². The first kappa shape index (κ1) is 12.2. The second-order valence-corrected chi connectivity index (χ2v) is 8.27. The van der Waals surface area contributed by atoms with Gasteiger partial charge in [-0.15, -0.1) is 0 Å². The summed E-state index contributed by atoms with van der Waals surface area (Å²) in [5.41, 5.74) is 0. The highest BCUT2D eigenvalue weighted by molar-refractivity contribution is 6.64. The zero-order valence-corrected chi connectivity index (χ0v) is 11.0. The molecule has 1 rings (SSSR count). The van der Waals surface area contributed by atoms with E-state index in [0.717, 1.165) is 5.92 Å². The number of rotatable bonds is 4. The summed E-state index contributed by atoms with van der Waals surface area (Å²) >= 11 is 0. The summed E-state index contributed by atoms with van der Waals surface area (Å²) in [6, 6.07) is 0. The van der Waals surface area contributed by atoms with Crippen molar-refractivity contribution in [2.75, 3.05) is 7.11 Å². The average molecular weight is 216 g/mol. The summed E-state index contributed by atoms with van der Waals surface area (Å²) in [6.45, 7) is 6.45. The maximum Gasteiger partial charge on any atom is 0.331 e. The first-order chi connectivity index (χ1) is 6.55. The van der Waals surface area contributed by atoms with Gasteiger partial charge in [-0.1, -0.05) is 19.3 Å². The van der Waals surface area contributed by atoms with E-state index in [4.69, 9.17) is 8.85 Å². The lowest BCUT2D eigenvalue weighted by Crippen LogP contribution is -2.40. The van der Waals surface area contributed by atoms with E-state index >= 15 is 0 Å². The lowest BCUT2D eigenvalue weighted by Gasteiger charge is -2.32. The lowest BCUT2D eigenvalue weighted by molar-refractivity contribution is 0.0835. The second-order valence-electron chi connectivity index (χ2n) is 4.83. The van der Waals surface area contributed by atoms with E-state index < -0.39 is 8.56 Å². The van der Waals surface area contributed by atoms with Gasteiger partial charge in [0.05, 0.1) is 0 Å². The van der Waals surface area contributed by atoms with E-state index in [2.05, 4.69) is 20.0 Å². The Bertz CT molecular complexity index is 165. The molecule has 0 aliphatic heterocycles. The van der Waals surface area contributed by atoms with Gasteiger partial charge in [0.25, 0.3) is 0 Å². The summed E-state index contributed by atoms with van der Waals surface area (Å²) in [7, 11) is -0.0606. The minimum absolute atomic E-state index is 0.386. The second kappa shape index (κ2) is 5.28. The first-order valence-corrected chi connectivity index (χ1v) is 8.60. The Morgan fingerprint density at radius 2 is 1.71 bits per heavy atom. The Kier molecular flexibility index (Phi) is 4.61. The number of hydrogen-bond acceptors (Lipinski definition) is 2. The van der Waals surface area contributed by atoms with Crippen LogP contribution in [0.15, 0.2) is 0 Å². The van der Waals surface area contributed by atoms with Crippen molar-refractivity contribution < 1.29 is 8.85 Å². The van der Waals surface area contributed by atoms with Crippen LogP contribution < -0.4 is 0 Å². The topological polar surface area (TPSA) is 18.5 Å². The van der Waals surface area contributed by atoms with E-state index in [9.17, 15) is 0 Å². The molecule has 0 spiro atoms. The van der Waals surface area contributed by atoms with Gasteiger partial charge in [-0.2, -0.15) is 0 Å². The summed E-state index contributed by atoms with van der Waals surface area (Å²) < 4.78 is 11.5. The Balaban J connectivity index is 2.36. The SMILES string of the molecule is CO[Si](C)(C)OC(C)C1CCCCC1. The van der Waals surface area contributed by atoms with Crippen molar-refractivity contribution in [3.05, 3.63) is 0 Å². The predicted octanol–water partition coefficient (Wildman–Crippen LogP) is 3.32. The molecular weight excluding hydrogens is 192 g/mol. The fraction of sp³-hybridized carbons (Fsp3) is 1.00. The van der Waals surface area contributed by atoms with Gasteiger partial charge in [-0.05, 0) is 38.8 Å². The maximum atomic E-state index is 6.04. The Labute approximate surface area is 89.2 Å². The van der Waals surface area contributed by atoms with Crippen molar-refractivity contribution in [2.24, 2.45) is 5.92 Å². The molecule has 84 valence electrons. The highest BCUT2D eigenvalue weighted by atomic mass is 28.4. The first-order valence-electron chi connectivity index (χ1n) is 5.78. The maximum absolute atomic E-state index is 6.04. The van der Waals surface area contributed by atoms with Crippen LogP contribution >= 0.6 is 0 Å². The van der Waals surface area contributed by atoms with Crippen molar-refractivity contribution in [3.8, 4) is 0 Å².